The molecular weight excluding hydrogens is 253 g/mol. The molecule has 18 heavy (non-hydrogen) atoms. The van der Waals surface area contributed by atoms with Crippen molar-refractivity contribution in [1.82, 2.24) is 0 Å². The molecular formula is C13H14FNO2S. The van der Waals surface area contributed by atoms with Gasteiger partial charge in [-0.1, -0.05) is 6.07 Å². The van der Waals surface area contributed by atoms with E-state index >= 15 is 0 Å². The van der Waals surface area contributed by atoms with Gasteiger partial charge in [0.05, 0.1) is 5.56 Å². The van der Waals surface area contributed by atoms with Gasteiger partial charge in [0.2, 0.25) is 0 Å². The number of halogens is 1. The van der Waals surface area contributed by atoms with Crippen molar-refractivity contribution in [2.24, 2.45) is 0 Å². The van der Waals surface area contributed by atoms with Crippen LogP contribution < -0.4 is 0 Å². The summed E-state index contributed by atoms with van der Waals surface area (Å²) in [4.78, 5) is 0. The molecule has 0 radical (unpaired) electrons. The zero-order valence-corrected chi connectivity index (χ0v) is 10.7. The molecule has 2 rings (SSSR count). The molecule has 5 heteroatoms. The minimum Gasteiger partial charge on any atom is -0.381 e. The quantitative estimate of drug-likeness (QED) is 0.843. The molecule has 1 aromatic rings. The fourth-order valence-electron chi connectivity index (χ4n) is 1.97. The van der Waals surface area contributed by atoms with Crippen LogP contribution in [0.2, 0.25) is 0 Å². The molecule has 1 atom stereocenters. The molecule has 1 heterocycles. The molecule has 3 nitrogen and oxygen atoms in total. The molecule has 1 saturated heterocycles. The Balaban J connectivity index is 2.05. The van der Waals surface area contributed by atoms with Crippen LogP contribution in [0.15, 0.2) is 18.2 Å². The lowest BCUT2D eigenvalue weighted by Gasteiger charge is -2.21. The molecule has 1 fully saturated rings. The average Bonchev–Trinajstić information content (AvgIpc) is 2.42. The van der Waals surface area contributed by atoms with Crippen LogP contribution >= 0.6 is 0 Å². The van der Waals surface area contributed by atoms with E-state index in [-0.39, 0.29) is 10.8 Å². The second-order valence-electron chi connectivity index (χ2n) is 4.26. The number of ether oxygens (including phenoxy) is 1. The van der Waals surface area contributed by atoms with E-state index < -0.39 is 16.6 Å². The van der Waals surface area contributed by atoms with Crippen molar-refractivity contribution in [3.8, 4) is 6.07 Å². The van der Waals surface area contributed by atoms with E-state index in [0.29, 0.717) is 19.0 Å². The maximum absolute atomic E-state index is 13.1. The van der Waals surface area contributed by atoms with Crippen molar-refractivity contribution in [2.45, 2.75) is 23.8 Å². The lowest BCUT2D eigenvalue weighted by atomic mass is 10.1. The molecule has 0 amide bonds. The normalized spacial score (nSPS) is 18.2. The van der Waals surface area contributed by atoms with Gasteiger partial charge in [-0.05, 0) is 30.5 Å². The van der Waals surface area contributed by atoms with E-state index in [1.54, 1.807) is 12.1 Å². The number of hydrogen-bond acceptors (Lipinski definition) is 3. The van der Waals surface area contributed by atoms with Gasteiger partial charge in [-0.25, -0.2) is 4.39 Å². The summed E-state index contributed by atoms with van der Waals surface area (Å²) in [7, 11) is -0.986. The van der Waals surface area contributed by atoms with Crippen LogP contribution in [0.3, 0.4) is 0 Å². The predicted octanol–water partition coefficient (Wildman–Crippen LogP) is 2.13. The van der Waals surface area contributed by atoms with E-state index in [1.807, 2.05) is 0 Å². The Labute approximate surface area is 108 Å². The van der Waals surface area contributed by atoms with Gasteiger partial charge < -0.3 is 4.74 Å². The highest BCUT2D eigenvalue weighted by atomic mass is 32.2. The van der Waals surface area contributed by atoms with Gasteiger partial charge >= 0.3 is 0 Å². The Morgan fingerprint density at radius 1 is 1.44 bits per heavy atom. The van der Waals surface area contributed by atoms with Crippen LogP contribution in [0.25, 0.3) is 0 Å². The van der Waals surface area contributed by atoms with Gasteiger partial charge in [0, 0.05) is 35.0 Å². The summed E-state index contributed by atoms with van der Waals surface area (Å²) < 4.78 is 30.5. The van der Waals surface area contributed by atoms with Crippen LogP contribution in [0.5, 0.6) is 0 Å². The van der Waals surface area contributed by atoms with Gasteiger partial charge in [0.25, 0.3) is 0 Å². The number of nitriles is 1. The molecule has 0 N–H and O–H groups in total. The number of hydrogen-bond donors (Lipinski definition) is 0. The molecule has 0 aromatic heterocycles. The molecule has 0 saturated carbocycles. The Kier molecular flexibility index (Phi) is 4.45. The minimum atomic E-state index is -0.986. The highest BCUT2D eigenvalue weighted by Gasteiger charge is 2.20. The van der Waals surface area contributed by atoms with E-state index in [1.165, 1.54) is 12.1 Å². The highest BCUT2D eigenvalue weighted by Crippen LogP contribution is 2.18. The monoisotopic (exact) mass is 267 g/mol. The Hall–Kier alpha value is -1.25. The summed E-state index contributed by atoms with van der Waals surface area (Å²) in [6.45, 7) is 1.31. The van der Waals surface area contributed by atoms with Crippen LogP contribution in [-0.4, -0.2) is 22.7 Å². The molecule has 0 bridgehead atoms. The third-order valence-corrected chi connectivity index (χ3v) is 4.83. The fourth-order valence-corrected chi connectivity index (χ4v) is 3.43. The second-order valence-corrected chi connectivity index (χ2v) is 5.98. The SMILES string of the molecule is N#Cc1cc(CS(=O)C2CCOCC2)ccc1F. The lowest BCUT2D eigenvalue weighted by molar-refractivity contribution is 0.0992. The van der Waals surface area contributed by atoms with Crippen molar-refractivity contribution < 1.29 is 13.3 Å². The number of benzene rings is 1. The molecule has 1 aliphatic heterocycles. The number of nitrogens with zero attached hydrogens (tertiary/aromatic N) is 1. The van der Waals surface area contributed by atoms with Gasteiger partial charge in [-0.3, -0.25) is 4.21 Å². The van der Waals surface area contributed by atoms with Crippen molar-refractivity contribution >= 4 is 10.8 Å². The zero-order chi connectivity index (χ0) is 13.0. The first-order valence-corrected chi connectivity index (χ1v) is 7.22. The molecule has 0 spiro atoms. The van der Waals surface area contributed by atoms with E-state index in [0.717, 1.165) is 18.4 Å². The summed E-state index contributed by atoms with van der Waals surface area (Å²) in [6, 6.07) is 6.12. The van der Waals surface area contributed by atoms with Crippen LogP contribution in [0.4, 0.5) is 4.39 Å². The van der Waals surface area contributed by atoms with Crippen LogP contribution in [0, 0.1) is 17.1 Å². The maximum atomic E-state index is 13.1. The van der Waals surface area contributed by atoms with E-state index in [4.69, 9.17) is 10.00 Å². The van der Waals surface area contributed by atoms with Crippen molar-refractivity contribution in [3.63, 3.8) is 0 Å². The Bertz CT molecular complexity index is 492. The van der Waals surface area contributed by atoms with E-state index in [9.17, 15) is 8.60 Å². The fraction of sp³-hybridized carbons (Fsp3) is 0.462. The molecule has 0 aliphatic carbocycles. The van der Waals surface area contributed by atoms with Crippen LogP contribution in [-0.2, 0) is 21.3 Å². The van der Waals surface area contributed by atoms with Crippen molar-refractivity contribution in [2.75, 3.05) is 13.2 Å². The zero-order valence-electron chi connectivity index (χ0n) is 9.89. The molecule has 1 unspecified atom stereocenters. The van der Waals surface area contributed by atoms with Crippen molar-refractivity contribution in [1.29, 1.82) is 5.26 Å². The minimum absolute atomic E-state index is 0.0106. The number of rotatable bonds is 3. The standard InChI is InChI=1S/C13H14FNO2S/c14-13-2-1-10(7-11(13)8-15)9-18(16)12-3-5-17-6-4-12/h1-2,7,12H,3-6,9H2. The first-order valence-electron chi connectivity index (χ1n) is 5.84. The first-order chi connectivity index (χ1) is 8.70. The van der Waals surface area contributed by atoms with Gasteiger partial charge in [-0.2, -0.15) is 5.26 Å². The first kappa shape index (κ1) is 13.2. The third kappa shape index (κ3) is 3.15. The topological polar surface area (TPSA) is 50.1 Å². The summed E-state index contributed by atoms with van der Waals surface area (Å²) in [5, 5.41) is 8.89. The molecule has 1 aromatic carbocycles. The lowest BCUT2D eigenvalue weighted by Crippen LogP contribution is -2.25. The van der Waals surface area contributed by atoms with Gasteiger partial charge in [0.1, 0.15) is 11.9 Å². The second kappa shape index (κ2) is 6.07. The van der Waals surface area contributed by atoms with Gasteiger partial charge in [0.15, 0.2) is 0 Å². The van der Waals surface area contributed by atoms with E-state index in [2.05, 4.69) is 0 Å². The summed E-state index contributed by atoms with van der Waals surface area (Å²) in [5.74, 6) is -0.155. The Morgan fingerprint density at radius 2 is 2.17 bits per heavy atom. The van der Waals surface area contributed by atoms with Gasteiger partial charge in [-0.15, -0.1) is 0 Å². The maximum Gasteiger partial charge on any atom is 0.140 e. The smallest absolute Gasteiger partial charge is 0.140 e. The average molecular weight is 267 g/mol. The summed E-state index contributed by atoms with van der Waals surface area (Å²) in [5.41, 5.74) is 0.759. The summed E-state index contributed by atoms with van der Waals surface area (Å²) >= 11 is 0. The van der Waals surface area contributed by atoms with Crippen LogP contribution in [0.1, 0.15) is 24.0 Å². The molecule has 1 aliphatic rings. The highest BCUT2D eigenvalue weighted by molar-refractivity contribution is 7.84. The largest absolute Gasteiger partial charge is 0.381 e. The van der Waals surface area contributed by atoms with Crippen molar-refractivity contribution in [3.05, 3.63) is 35.1 Å². The summed E-state index contributed by atoms with van der Waals surface area (Å²) in [6.07, 6.45) is 1.61. The molecule has 96 valence electrons. The predicted molar refractivity (Wildman–Crippen MR) is 66.8 cm³/mol. The Morgan fingerprint density at radius 3 is 2.83 bits per heavy atom. The third-order valence-electron chi connectivity index (χ3n) is 3.00.